The minimum absolute atomic E-state index is 0.767. The molecule has 4 heterocycles. The summed E-state index contributed by atoms with van der Waals surface area (Å²) in [5.41, 5.74) is 10.8. The van der Waals surface area contributed by atoms with Gasteiger partial charge in [0.1, 0.15) is 19.2 Å². The highest BCUT2D eigenvalue weighted by Crippen LogP contribution is 2.41. The first kappa shape index (κ1) is 26.4. The molecule has 47 heavy (non-hydrogen) atoms. The van der Waals surface area contributed by atoms with Gasteiger partial charge in [0.2, 0.25) is 0 Å². The molecule has 6 aromatic carbocycles. The fraction of sp³-hybridized carbons (Fsp3) is 0.0476. The Labute approximate surface area is 272 Å². The molecule has 0 amide bonds. The summed E-state index contributed by atoms with van der Waals surface area (Å²) in [6.45, 7) is 4.86. The third-order valence-corrected chi connectivity index (χ3v) is 13.5. The maximum atomic E-state index is 6.29. The van der Waals surface area contributed by atoms with E-state index < -0.39 is 8.07 Å². The van der Waals surface area contributed by atoms with E-state index in [0.29, 0.717) is 0 Å². The lowest BCUT2D eigenvalue weighted by atomic mass is 10.1. The van der Waals surface area contributed by atoms with Crippen LogP contribution in [0, 0.1) is 0 Å². The molecule has 0 saturated carbocycles. The van der Waals surface area contributed by atoms with Crippen LogP contribution in [0.15, 0.2) is 144 Å². The summed E-state index contributed by atoms with van der Waals surface area (Å²) in [5.74, 6) is 0.767. The van der Waals surface area contributed by atoms with E-state index >= 15 is 0 Å². The number of aromatic nitrogens is 3. The Morgan fingerprint density at radius 2 is 1.23 bits per heavy atom. The van der Waals surface area contributed by atoms with E-state index in [1.54, 1.807) is 0 Å². The average molecular weight is 620 g/mol. The van der Waals surface area contributed by atoms with Crippen LogP contribution in [0.3, 0.4) is 0 Å². The van der Waals surface area contributed by atoms with Crippen LogP contribution in [0.5, 0.6) is 0 Å². The van der Waals surface area contributed by atoms with Gasteiger partial charge in [0.15, 0.2) is 5.82 Å². The molecule has 0 aliphatic carbocycles. The smallest absolute Gasteiger partial charge is 0.160 e. The van der Waals surface area contributed by atoms with Gasteiger partial charge in [0.25, 0.3) is 0 Å². The Bertz CT molecular complexity index is 2700. The number of para-hydroxylation sites is 2. The van der Waals surface area contributed by atoms with Crippen LogP contribution in [0.2, 0.25) is 13.1 Å². The van der Waals surface area contributed by atoms with Crippen molar-refractivity contribution < 1.29 is 4.42 Å². The zero-order valence-electron chi connectivity index (χ0n) is 26.0. The molecule has 0 radical (unpaired) electrons. The molecule has 10 rings (SSSR count). The largest absolute Gasteiger partial charge is 0.456 e. The van der Waals surface area contributed by atoms with Crippen molar-refractivity contribution in [2.24, 2.45) is 0 Å². The summed E-state index contributed by atoms with van der Waals surface area (Å²) in [4.78, 5) is 10.5. The molecular weight excluding hydrogens is 591 g/mol. The van der Waals surface area contributed by atoms with E-state index in [-0.39, 0.29) is 0 Å². The van der Waals surface area contributed by atoms with Gasteiger partial charge in [-0.15, -0.1) is 0 Å². The quantitative estimate of drug-likeness (QED) is 0.185. The molecule has 222 valence electrons. The van der Waals surface area contributed by atoms with Crippen molar-refractivity contribution in [2.75, 3.05) is 0 Å². The summed E-state index contributed by atoms with van der Waals surface area (Å²) >= 11 is 0. The zero-order valence-corrected chi connectivity index (χ0v) is 27.0. The standard InChI is InChI=1S/C42H29N3OSi/c1-47(2)36-19-11-8-16-31(36)40-41(47)39(43-42(44-40)27-12-4-3-5-13-27)26-20-22-28(23-21-26)45-32-17-9-6-14-29(32)37-33(45)24-25-35-38(37)30-15-7-10-18-34(30)46-35/h3-25H,1-2H3. The average Bonchev–Trinajstić information content (AvgIpc) is 3.74. The van der Waals surface area contributed by atoms with Crippen LogP contribution in [0.4, 0.5) is 0 Å². The minimum atomic E-state index is -2.05. The number of rotatable bonds is 3. The molecule has 0 bridgehead atoms. The molecule has 9 aromatic rings. The molecule has 1 aliphatic rings. The third kappa shape index (κ3) is 3.69. The summed E-state index contributed by atoms with van der Waals surface area (Å²) in [6, 6.07) is 49.4. The van der Waals surface area contributed by atoms with Gasteiger partial charge in [-0.3, -0.25) is 0 Å². The first-order valence-electron chi connectivity index (χ1n) is 16.1. The highest BCUT2D eigenvalue weighted by Gasteiger charge is 2.41. The highest BCUT2D eigenvalue weighted by molar-refractivity contribution is 7.04. The molecule has 0 unspecified atom stereocenters. The lowest BCUT2D eigenvalue weighted by Crippen LogP contribution is -2.50. The van der Waals surface area contributed by atoms with Gasteiger partial charge in [0.05, 0.1) is 22.4 Å². The molecule has 1 aliphatic heterocycles. The molecule has 0 spiro atoms. The molecule has 5 heteroatoms. The van der Waals surface area contributed by atoms with E-state index in [9.17, 15) is 0 Å². The molecule has 0 N–H and O–H groups in total. The number of hydrogen-bond donors (Lipinski definition) is 0. The monoisotopic (exact) mass is 619 g/mol. The van der Waals surface area contributed by atoms with Crippen molar-refractivity contribution in [3.8, 4) is 39.6 Å². The van der Waals surface area contributed by atoms with E-state index in [1.807, 2.05) is 12.1 Å². The number of furan rings is 1. The second-order valence-electron chi connectivity index (χ2n) is 13.0. The van der Waals surface area contributed by atoms with E-state index in [1.165, 1.54) is 37.6 Å². The molecule has 4 nitrogen and oxygen atoms in total. The fourth-order valence-corrected chi connectivity index (χ4v) is 11.1. The lowest BCUT2D eigenvalue weighted by Gasteiger charge is -2.21. The Balaban J connectivity index is 1.19. The topological polar surface area (TPSA) is 43.9 Å². The van der Waals surface area contributed by atoms with Gasteiger partial charge in [-0.05, 0) is 52.3 Å². The molecule has 3 aromatic heterocycles. The fourth-order valence-electron chi connectivity index (χ4n) is 7.86. The normalized spacial score (nSPS) is 13.5. The van der Waals surface area contributed by atoms with E-state index in [2.05, 4.69) is 145 Å². The predicted octanol–water partition coefficient (Wildman–Crippen LogP) is 9.61. The number of benzene rings is 6. The third-order valence-electron chi connectivity index (χ3n) is 10.00. The van der Waals surface area contributed by atoms with Gasteiger partial charge < -0.3 is 8.98 Å². The summed E-state index contributed by atoms with van der Waals surface area (Å²) in [6.07, 6.45) is 0. The lowest BCUT2D eigenvalue weighted by molar-refractivity contribution is 0.669. The number of fused-ring (bicyclic) bond motifs is 10. The summed E-state index contributed by atoms with van der Waals surface area (Å²) in [7, 11) is -2.05. The Morgan fingerprint density at radius 1 is 0.532 bits per heavy atom. The van der Waals surface area contributed by atoms with Gasteiger partial charge in [-0.1, -0.05) is 116 Å². The first-order chi connectivity index (χ1) is 23.1. The maximum absolute atomic E-state index is 6.29. The molecular formula is C42H29N3OSi. The SMILES string of the molecule is C[Si]1(C)c2ccccc2-c2nc(-c3ccccc3)nc(-c3ccc(-n4c5ccccc5c5c6c(ccc54)oc4ccccc46)cc3)c21. The van der Waals surface area contributed by atoms with Gasteiger partial charge >= 0.3 is 0 Å². The van der Waals surface area contributed by atoms with Crippen LogP contribution < -0.4 is 10.4 Å². The molecule has 0 atom stereocenters. The Morgan fingerprint density at radius 3 is 2.09 bits per heavy atom. The van der Waals surface area contributed by atoms with Crippen LogP contribution in [-0.2, 0) is 0 Å². The summed E-state index contributed by atoms with van der Waals surface area (Å²) in [5, 5.41) is 7.49. The van der Waals surface area contributed by atoms with Crippen LogP contribution >= 0.6 is 0 Å². The van der Waals surface area contributed by atoms with Gasteiger partial charge in [-0.2, -0.15) is 0 Å². The highest BCUT2D eigenvalue weighted by atomic mass is 28.3. The molecule has 0 fully saturated rings. The van der Waals surface area contributed by atoms with Crippen molar-refractivity contribution in [3.05, 3.63) is 140 Å². The Kier molecular flexibility index (Phi) is 5.41. The summed E-state index contributed by atoms with van der Waals surface area (Å²) < 4.78 is 8.67. The number of hydrogen-bond acceptors (Lipinski definition) is 3. The van der Waals surface area contributed by atoms with Crippen molar-refractivity contribution in [1.29, 1.82) is 0 Å². The first-order valence-corrected chi connectivity index (χ1v) is 19.1. The number of nitrogens with zero attached hydrogens (tertiary/aromatic N) is 3. The van der Waals surface area contributed by atoms with Crippen molar-refractivity contribution >= 4 is 62.2 Å². The molecule has 0 saturated heterocycles. The predicted molar refractivity (Wildman–Crippen MR) is 197 cm³/mol. The van der Waals surface area contributed by atoms with Crippen molar-refractivity contribution in [3.63, 3.8) is 0 Å². The van der Waals surface area contributed by atoms with Crippen LogP contribution in [0.1, 0.15) is 0 Å². The Hall–Kier alpha value is -5.78. The van der Waals surface area contributed by atoms with E-state index in [4.69, 9.17) is 14.4 Å². The van der Waals surface area contributed by atoms with Crippen LogP contribution in [-0.4, -0.2) is 22.6 Å². The maximum Gasteiger partial charge on any atom is 0.160 e. The zero-order chi connectivity index (χ0) is 31.3. The van der Waals surface area contributed by atoms with Gasteiger partial charge in [0, 0.05) is 38.4 Å². The second kappa shape index (κ2) is 9.61. The van der Waals surface area contributed by atoms with Crippen molar-refractivity contribution in [2.45, 2.75) is 13.1 Å². The van der Waals surface area contributed by atoms with Gasteiger partial charge in [-0.25, -0.2) is 9.97 Å². The van der Waals surface area contributed by atoms with Crippen molar-refractivity contribution in [1.82, 2.24) is 14.5 Å². The second-order valence-corrected chi connectivity index (χ2v) is 17.3. The van der Waals surface area contributed by atoms with Crippen LogP contribution in [0.25, 0.3) is 83.3 Å². The van der Waals surface area contributed by atoms with E-state index in [0.717, 1.165) is 56.1 Å². The minimum Gasteiger partial charge on any atom is -0.456 e.